The van der Waals surface area contributed by atoms with E-state index in [-0.39, 0.29) is 5.56 Å². The first-order chi connectivity index (χ1) is 6.95. The van der Waals surface area contributed by atoms with Crippen molar-refractivity contribution in [2.45, 2.75) is 12.2 Å². The number of carbonyl (C=O) groups is 1. The highest BCUT2D eigenvalue weighted by atomic mass is 35.5. The number of nitrogens with one attached hydrogen (secondary N) is 1. The predicted octanol–water partition coefficient (Wildman–Crippen LogP) is 0.373. The maximum Gasteiger partial charge on any atom is 0.249 e. The van der Waals surface area contributed by atoms with E-state index in [1.807, 2.05) is 0 Å². The Hall–Kier alpha value is -1.14. The van der Waals surface area contributed by atoms with E-state index < -0.39 is 18.1 Å². The van der Waals surface area contributed by atoms with Gasteiger partial charge in [0.2, 0.25) is 5.91 Å². The monoisotopic (exact) mass is 231 g/mol. The first-order valence-electron chi connectivity index (χ1n) is 4.09. The van der Waals surface area contributed by atoms with E-state index in [1.165, 1.54) is 29.7 Å². The molecule has 4 N–H and O–H groups in total. The first kappa shape index (κ1) is 11.9. The summed E-state index contributed by atoms with van der Waals surface area (Å²) in [7, 11) is 0. The van der Waals surface area contributed by atoms with E-state index in [2.05, 4.69) is 0 Å². The van der Waals surface area contributed by atoms with Crippen LogP contribution in [0.15, 0.2) is 24.3 Å². The molecule has 0 saturated carbocycles. The van der Waals surface area contributed by atoms with Gasteiger partial charge < -0.3 is 10.2 Å². The van der Waals surface area contributed by atoms with Crippen molar-refractivity contribution in [1.29, 1.82) is 0 Å². The van der Waals surface area contributed by atoms with Crippen molar-refractivity contribution >= 4 is 17.5 Å². The third kappa shape index (κ3) is 3.17. The number of halogens is 1. The molecule has 5 nitrogen and oxygen atoms in total. The molecule has 15 heavy (non-hydrogen) atoms. The van der Waals surface area contributed by atoms with Crippen LogP contribution < -0.4 is 5.48 Å². The number of hydroxylamine groups is 1. The van der Waals surface area contributed by atoms with Crippen LogP contribution in [0.1, 0.15) is 12.0 Å². The minimum absolute atomic E-state index is 0.121. The lowest BCUT2D eigenvalue weighted by Gasteiger charge is -2.20. The Morgan fingerprint density at radius 2 is 1.87 bits per heavy atom. The second-order valence-corrected chi connectivity index (χ2v) is 3.47. The number of benzene rings is 1. The van der Waals surface area contributed by atoms with E-state index in [1.54, 1.807) is 0 Å². The number of aliphatic hydroxyl groups is 2. The molecule has 0 aliphatic rings. The van der Waals surface area contributed by atoms with Gasteiger partial charge in [-0.2, -0.15) is 0 Å². The molecule has 1 amide bonds. The van der Waals surface area contributed by atoms with Gasteiger partial charge in [0.25, 0.3) is 0 Å². The van der Waals surface area contributed by atoms with Gasteiger partial charge in [0.15, 0.2) is 5.79 Å². The van der Waals surface area contributed by atoms with Crippen LogP contribution in [-0.2, 0) is 10.6 Å². The smallest absolute Gasteiger partial charge is 0.249 e. The first-order valence-corrected chi connectivity index (χ1v) is 4.47. The Kier molecular flexibility index (Phi) is 3.65. The van der Waals surface area contributed by atoms with Crippen LogP contribution in [0.5, 0.6) is 0 Å². The van der Waals surface area contributed by atoms with Crippen molar-refractivity contribution in [2.24, 2.45) is 0 Å². The van der Waals surface area contributed by atoms with Gasteiger partial charge in [0.05, 0.1) is 6.42 Å². The summed E-state index contributed by atoms with van der Waals surface area (Å²) < 4.78 is 0. The minimum Gasteiger partial charge on any atom is -0.362 e. The van der Waals surface area contributed by atoms with Gasteiger partial charge in [-0.15, -0.1) is 0 Å². The second kappa shape index (κ2) is 4.59. The van der Waals surface area contributed by atoms with E-state index >= 15 is 0 Å². The second-order valence-electron chi connectivity index (χ2n) is 3.04. The number of hydrogen-bond donors (Lipinski definition) is 4. The minimum atomic E-state index is -2.32. The van der Waals surface area contributed by atoms with Crippen LogP contribution in [0.3, 0.4) is 0 Å². The Bertz CT molecular complexity index is 350. The third-order valence-corrected chi connectivity index (χ3v) is 2.09. The standard InChI is InChI=1S/C9H10ClNO4/c10-7-3-1-6(2-4-7)9(13,14)5-8(12)11-15/h1-4,13-15H,5H2,(H,11,12). The van der Waals surface area contributed by atoms with Crippen LogP contribution in [-0.4, -0.2) is 21.3 Å². The van der Waals surface area contributed by atoms with E-state index in [0.29, 0.717) is 5.02 Å². The Labute approximate surface area is 90.9 Å². The van der Waals surface area contributed by atoms with Gasteiger partial charge in [-0.05, 0) is 12.1 Å². The average Bonchev–Trinajstić information content (AvgIpc) is 2.17. The molecule has 0 heterocycles. The molecule has 0 saturated heterocycles. The van der Waals surface area contributed by atoms with Crippen molar-refractivity contribution in [3.63, 3.8) is 0 Å². The third-order valence-electron chi connectivity index (χ3n) is 1.84. The molecule has 0 spiro atoms. The maximum atomic E-state index is 10.8. The fourth-order valence-electron chi connectivity index (χ4n) is 1.08. The Morgan fingerprint density at radius 3 is 2.33 bits per heavy atom. The number of hydrogen-bond acceptors (Lipinski definition) is 4. The molecule has 0 aliphatic carbocycles. The molecular formula is C9H10ClNO4. The van der Waals surface area contributed by atoms with Crippen molar-refractivity contribution in [1.82, 2.24) is 5.48 Å². The van der Waals surface area contributed by atoms with Gasteiger partial charge in [-0.25, -0.2) is 5.48 Å². The van der Waals surface area contributed by atoms with Crippen molar-refractivity contribution in [2.75, 3.05) is 0 Å². The molecule has 0 fully saturated rings. The van der Waals surface area contributed by atoms with E-state index in [0.717, 1.165) is 0 Å². The number of carbonyl (C=O) groups excluding carboxylic acids is 1. The lowest BCUT2D eigenvalue weighted by atomic mass is 10.0. The normalized spacial score (nSPS) is 11.2. The zero-order chi connectivity index (χ0) is 11.5. The zero-order valence-electron chi connectivity index (χ0n) is 7.64. The van der Waals surface area contributed by atoms with Crippen LogP contribution in [0.25, 0.3) is 0 Å². The summed E-state index contributed by atoms with van der Waals surface area (Å²) in [6.07, 6.45) is -0.662. The lowest BCUT2D eigenvalue weighted by Crippen LogP contribution is -2.33. The molecular weight excluding hydrogens is 222 g/mol. The van der Waals surface area contributed by atoms with Gasteiger partial charge in [-0.3, -0.25) is 10.0 Å². The fourth-order valence-corrected chi connectivity index (χ4v) is 1.21. The highest BCUT2D eigenvalue weighted by molar-refractivity contribution is 6.30. The molecule has 1 aromatic carbocycles. The van der Waals surface area contributed by atoms with Gasteiger partial charge in [0, 0.05) is 10.6 Å². The molecule has 0 unspecified atom stereocenters. The van der Waals surface area contributed by atoms with Crippen LogP contribution in [0.2, 0.25) is 5.02 Å². The molecule has 6 heteroatoms. The summed E-state index contributed by atoms with van der Waals surface area (Å²) >= 11 is 5.61. The van der Waals surface area contributed by atoms with E-state index in [9.17, 15) is 15.0 Å². The maximum absolute atomic E-state index is 10.8. The van der Waals surface area contributed by atoms with Gasteiger partial charge in [-0.1, -0.05) is 23.7 Å². The summed E-state index contributed by atoms with van der Waals surface area (Å²) in [5.41, 5.74) is 1.44. The molecule has 0 radical (unpaired) electrons. The molecule has 0 atom stereocenters. The average molecular weight is 232 g/mol. The predicted molar refractivity (Wildman–Crippen MR) is 52.1 cm³/mol. The summed E-state index contributed by atoms with van der Waals surface area (Å²) in [6.45, 7) is 0. The summed E-state index contributed by atoms with van der Waals surface area (Å²) in [4.78, 5) is 10.8. The molecule has 0 bridgehead atoms. The van der Waals surface area contributed by atoms with E-state index in [4.69, 9.17) is 16.8 Å². The molecule has 82 valence electrons. The van der Waals surface area contributed by atoms with Gasteiger partial charge in [0.1, 0.15) is 0 Å². The quantitative estimate of drug-likeness (QED) is 0.344. The summed E-state index contributed by atoms with van der Waals surface area (Å²) in [5, 5.41) is 27.7. The van der Waals surface area contributed by atoms with Crippen LogP contribution in [0, 0.1) is 0 Å². The van der Waals surface area contributed by atoms with Crippen molar-refractivity contribution in [3.8, 4) is 0 Å². The molecule has 1 aromatic rings. The Morgan fingerprint density at radius 1 is 1.33 bits per heavy atom. The molecule has 0 aromatic heterocycles. The number of amides is 1. The largest absolute Gasteiger partial charge is 0.362 e. The summed E-state index contributed by atoms with van der Waals surface area (Å²) in [6, 6.07) is 5.70. The van der Waals surface area contributed by atoms with Crippen molar-refractivity contribution in [3.05, 3.63) is 34.9 Å². The topological polar surface area (TPSA) is 89.8 Å². The summed E-state index contributed by atoms with van der Waals surface area (Å²) in [5.74, 6) is -3.22. The lowest BCUT2D eigenvalue weighted by molar-refractivity contribution is -0.183. The highest BCUT2D eigenvalue weighted by Gasteiger charge is 2.28. The van der Waals surface area contributed by atoms with Crippen LogP contribution in [0.4, 0.5) is 0 Å². The van der Waals surface area contributed by atoms with Crippen LogP contribution >= 0.6 is 11.6 Å². The van der Waals surface area contributed by atoms with Crippen molar-refractivity contribution < 1.29 is 20.2 Å². The molecule has 1 rings (SSSR count). The highest BCUT2D eigenvalue weighted by Crippen LogP contribution is 2.23. The number of rotatable bonds is 3. The van der Waals surface area contributed by atoms with Gasteiger partial charge >= 0.3 is 0 Å². The molecule has 0 aliphatic heterocycles. The fraction of sp³-hybridized carbons (Fsp3) is 0.222. The zero-order valence-corrected chi connectivity index (χ0v) is 8.40. The Balaban J connectivity index is 2.85. The SMILES string of the molecule is O=C(CC(O)(O)c1ccc(Cl)cc1)NO.